The molecule has 1 aromatic carbocycles. The van der Waals surface area contributed by atoms with Gasteiger partial charge in [-0.1, -0.05) is 0 Å². The summed E-state index contributed by atoms with van der Waals surface area (Å²) in [6.45, 7) is 1.85. The quantitative estimate of drug-likeness (QED) is 0.330. The van der Waals surface area contributed by atoms with E-state index >= 15 is 8.78 Å². The highest BCUT2D eigenvalue weighted by Crippen LogP contribution is 2.48. The van der Waals surface area contributed by atoms with Gasteiger partial charge in [0.15, 0.2) is 27.3 Å². The van der Waals surface area contributed by atoms with Crippen LogP contribution in [-0.2, 0) is 23.3 Å². The molecule has 202 valence electrons. The molecule has 14 heteroatoms. The summed E-state index contributed by atoms with van der Waals surface area (Å²) in [5.74, 6) is -1.21. The monoisotopic (exact) mass is 553 g/mol. The van der Waals surface area contributed by atoms with Crippen molar-refractivity contribution < 1.29 is 17.2 Å². The van der Waals surface area contributed by atoms with E-state index in [1.807, 2.05) is 6.92 Å². The molecular formula is C25H25F2N9O2S. The van der Waals surface area contributed by atoms with E-state index in [0.29, 0.717) is 28.6 Å². The first kappa shape index (κ1) is 26.2. The maximum atomic E-state index is 15.2. The molecule has 0 bridgehead atoms. The highest BCUT2D eigenvalue weighted by atomic mass is 32.2. The summed E-state index contributed by atoms with van der Waals surface area (Å²) in [5, 5.41) is 24.1. The Morgan fingerprint density at radius 2 is 1.92 bits per heavy atom. The molecule has 1 saturated carbocycles. The lowest BCUT2D eigenvalue weighted by Gasteiger charge is -2.22. The predicted molar refractivity (Wildman–Crippen MR) is 140 cm³/mol. The molecule has 0 amide bonds. The molecule has 11 nitrogen and oxygen atoms in total. The van der Waals surface area contributed by atoms with Crippen LogP contribution >= 0.6 is 0 Å². The van der Waals surface area contributed by atoms with Gasteiger partial charge in [-0.15, -0.1) is 0 Å². The van der Waals surface area contributed by atoms with Crippen molar-refractivity contribution in [2.45, 2.75) is 37.0 Å². The molecule has 5 rings (SSSR count). The maximum Gasteiger partial charge on any atom is 0.232 e. The number of aromatic amines is 1. The Balaban J connectivity index is 1.72. The van der Waals surface area contributed by atoms with E-state index in [9.17, 15) is 13.7 Å². The number of H-pyrrole nitrogens is 1. The summed E-state index contributed by atoms with van der Waals surface area (Å²) < 4.78 is 55.7. The topological polar surface area (TPSA) is 145 Å². The lowest BCUT2D eigenvalue weighted by Crippen LogP contribution is -2.19. The van der Waals surface area contributed by atoms with Crippen LogP contribution in [0.15, 0.2) is 29.3 Å². The average Bonchev–Trinajstić information content (AvgIpc) is 3.51. The largest absolute Gasteiger partial charge is 0.323 e. The van der Waals surface area contributed by atoms with E-state index in [1.54, 1.807) is 24.0 Å². The van der Waals surface area contributed by atoms with Gasteiger partial charge in [0.25, 0.3) is 0 Å². The fourth-order valence-corrected chi connectivity index (χ4v) is 5.02. The molecule has 39 heavy (non-hydrogen) atoms. The average molecular weight is 554 g/mol. The van der Waals surface area contributed by atoms with Gasteiger partial charge in [-0.25, -0.2) is 22.2 Å². The number of nitriles is 1. The second-order valence-corrected chi connectivity index (χ2v) is 11.6. The van der Waals surface area contributed by atoms with Crippen LogP contribution in [0.1, 0.15) is 35.7 Å². The van der Waals surface area contributed by atoms with Crippen molar-refractivity contribution in [3.05, 3.63) is 53.0 Å². The lowest BCUT2D eigenvalue weighted by atomic mass is 10.0. The van der Waals surface area contributed by atoms with Crippen LogP contribution < -0.4 is 10.2 Å². The third kappa shape index (κ3) is 5.17. The van der Waals surface area contributed by atoms with Crippen LogP contribution in [0.5, 0.6) is 0 Å². The van der Waals surface area contributed by atoms with Crippen molar-refractivity contribution in [3.63, 3.8) is 0 Å². The number of aromatic nitrogens is 6. The van der Waals surface area contributed by atoms with Gasteiger partial charge in [-0.05, 0) is 37.8 Å². The first-order chi connectivity index (χ1) is 18.5. The number of anilines is 4. The number of nitrogens with one attached hydrogen (secondary N) is 2. The van der Waals surface area contributed by atoms with Gasteiger partial charge in [-0.2, -0.15) is 20.4 Å². The minimum Gasteiger partial charge on any atom is -0.323 e. The number of sulfone groups is 1. The van der Waals surface area contributed by atoms with E-state index < -0.39 is 32.1 Å². The van der Waals surface area contributed by atoms with Gasteiger partial charge in [0.1, 0.15) is 11.5 Å². The van der Waals surface area contributed by atoms with E-state index in [4.69, 9.17) is 4.98 Å². The smallest absolute Gasteiger partial charge is 0.232 e. The van der Waals surface area contributed by atoms with Gasteiger partial charge in [0, 0.05) is 49.4 Å². The number of hydrogen-bond donors (Lipinski definition) is 2. The minimum atomic E-state index is -3.84. The Labute approximate surface area is 223 Å². The number of halogens is 2. The number of benzene rings is 1. The fraction of sp³-hybridized carbons (Fsp3) is 0.320. The standard InChI is InChI=1S/C25H25F2N9O2S/c1-13-9-20(33-32-13)29-24-21(14-5-6-14)22(16-12-35(2)34-19(16)7-8-28)30-25(31-24)36(3)23-17(26)10-15(11-18(23)27)39(4,37)38/h9-12,14H,5-7H2,1-4H3,(H2,29,30,31,32,33). The minimum absolute atomic E-state index is 0.0347. The van der Waals surface area contributed by atoms with E-state index in [0.717, 1.165) is 47.4 Å². The molecule has 0 spiro atoms. The molecule has 0 saturated heterocycles. The van der Waals surface area contributed by atoms with E-state index in [-0.39, 0.29) is 18.3 Å². The number of aryl methyl sites for hydroxylation is 2. The molecule has 2 N–H and O–H groups in total. The Kier molecular flexibility index (Phi) is 6.55. The molecule has 0 radical (unpaired) electrons. The fourth-order valence-electron chi connectivity index (χ4n) is 4.38. The summed E-state index contributed by atoms with van der Waals surface area (Å²) in [5.41, 5.74) is 2.68. The van der Waals surface area contributed by atoms with Gasteiger partial charge in [0.2, 0.25) is 5.95 Å². The zero-order chi connectivity index (χ0) is 28.1. The first-order valence-corrected chi connectivity index (χ1v) is 13.9. The van der Waals surface area contributed by atoms with Crippen molar-refractivity contribution in [2.75, 3.05) is 23.5 Å². The molecule has 4 aromatic rings. The van der Waals surface area contributed by atoms with Gasteiger partial charge < -0.3 is 10.2 Å². The Morgan fingerprint density at radius 3 is 2.49 bits per heavy atom. The molecule has 1 fully saturated rings. The molecule has 3 heterocycles. The number of hydrogen-bond acceptors (Lipinski definition) is 9. The van der Waals surface area contributed by atoms with Crippen LogP contribution in [0.25, 0.3) is 11.3 Å². The second kappa shape index (κ2) is 9.73. The van der Waals surface area contributed by atoms with E-state index in [1.165, 1.54) is 7.05 Å². The Morgan fingerprint density at radius 1 is 1.23 bits per heavy atom. The molecule has 1 aliphatic carbocycles. The van der Waals surface area contributed by atoms with Crippen LogP contribution in [-0.4, -0.2) is 51.7 Å². The second-order valence-electron chi connectivity index (χ2n) is 9.53. The summed E-state index contributed by atoms with van der Waals surface area (Å²) >= 11 is 0. The third-order valence-corrected chi connectivity index (χ3v) is 7.42. The first-order valence-electron chi connectivity index (χ1n) is 12.0. The highest BCUT2D eigenvalue weighted by molar-refractivity contribution is 7.90. The lowest BCUT2D eigenvalue weighted by molar-refractivity contribution is 0.569. The SMILES string of the molecule is Cc1cc(Nc2nc(N(C)c3c(F)cc(S(C)(=O)=O)cc3F)nc(-c3cn(C)nc3CC#N)c2C2CC2)n[nH]1. The van der Waals surface area contributed by atoms with Crippen molar-refractivity contribution >= 4 is 33.1 Å². The predicted octanol–water partition coefficient (Wildman–Crippen LogP) is 4.05. The summed E-state index contributed by atoms with van der Waals surface area (Å²) in [4.78, 5) is 10.0. The van der Waals surface area contributed by atoms with Crippen LogP contribution in [0.3, 0.4) is 0 Å². The Hall–Kier alpha value is -4.38. The molecular weight excluding hydrogens is 528 g/mol. The molecule has 0 atom stereocenters. The molecule has 0 unspecified atom stereocenters. The van der Waals surface area contributed by atoms with Gasteiger partial charge in [0.05, 0.1) is 28.8 Å². The summed E-state index contributed by atoms with van der Waals surface area (Å²) in [7, 11) is -0.719. The van der Waals surface area contributed by atoms with Crippen molar-refractivity contribution in [1.29, 1.82) is 5.26 Å². The van der Waals surface area contributed by atoms with Gasteiger partial charge in [-0.3, -0.25) is 9.78 Å². The maximum absolute atomic E-state index is 15.2. The van der Waals surface area contributed by atoms with Crippen LogP contribution in [0, 0.1) is 29.9 Å². The zero-order valence-electron chi connectivity index (χ0n) is 21.6. The molecule has 3 aromatic heterocycles. The molecule has 1 aliphatic rings. The number of rotatable bonds is 8. The third-order valence-electron chi connectivity index (χ3n) is 6.33. The van der Waals surface area contributed by atoms with Gasteiger partial charge >= 0.3 is 0 Å². The van der Waals surface area contributed by atoms with Crippen LogP contribution in [0.2, 0.25) is 0 Å². The molecule has 0 aliphatic heterocycles. The summed E-state index contributed by atoms with van der Waals surface area (Å²) in [6.07, 6.45) is 4.44. The van der Waals surface area contributed by atoms with Crippen molar-refractivity contribution in [2.24, 2.45) is 7.05 Å². The van der Waals surface area contributed by atoms with Crippen molar-refractivity contribution in [1.82, 2.24) is 29.9 Å². The highest BCUT2D eigenvalue weighted by Gasteiger charge is 2.34. The Bertz CT molecular complexity index is 1710. The van der Waals surface area contributed by atoms with Crippen LogP contribution in [0.4, 0.5) is 32.1 Å². The summed E-state index contributed by atoms with van der Waals surface area (Å²) in [6, 6.07) is 5.44. The zero-order valence-corrected chi connectivity index (χ0v) is 22.4. The van der Waals surface area contributed by atoms with E-state index in [2.05, 4.69) is 31.7 Å². The van der Waals surface area contributed by atoms with Crippen molar-refractivity contribution in [3.8, 4) is 17.3 Å². The number of nitrogens with zero attached hydrogens (tertiary/aromatic N) is 7. The normalized spacial score (nSPS) is 13.4.